The van der Waals surface area contributed by atoms with E-state index in [4.69, 9.17) is 11.6 Å². The topological polar surface area (TPSA) is 186 Å². The van der Waals surface area contributed by atoms with Crippen molar-refractivity contribution >= 4 is 43.5 Å². The molecule has 4 heterocycles. The number of piperidine rings is 2. The van der Waals surface area contributed by atoms with Crippen molar-refractivity contribution in [2.24, 2.45) is 22.7 Å². The van der Waals surface area contributed by atoms with Gasteiger partial charge in [-0.2, -0.15) is 14.5 Å². The summed E-state index contributed by atoms with van der Waals surface area (Å²) in [7, 11) is -8.59. The number of hydrogen-bond acceptors (Lipinski definition) is 10. The van der Waals surface area contributed by atoms with Gasteiger partial charge in [0.2, 0.25) is 31.9 Å². The van der Waals surface area contributed by atoms with Crippen molar-refractivity contribution in [3.05, 3.63) is 95.8 Å². The lowest BCUT2D eigenvalue weighted by Crippen LogP contribution is -2.57. The van der Waals surface area contributed by atoms with Gasteiger partial charge in [0.05, 0.1) is 11.5 Å². The molecular formula is C50H70ClFN10O6S2. The van der Waals surface area contributed by atoms with Crippen LogP contribution in [0, 0.1) is 28.5 Å². The smallest absolute Gasteiger partial charge is 0.241 e. The first kappa shape index (κ1) is 52.0. The second-order valence-electron chi connectivity index (χ2n) is 20.4. The largest absolute Gasteiger partial charge is 0.341 e. The second-order valence-corrected chi connectivity index (χ2v) is 24.9. The summed E-state index contributed by atoms with van der Waals surface area (Å²) in [6.45, 7) is 3.97. The van der Waals surface area contributed by atoms with E-state index < -0.39 is 62.1 Å². The Kier molecular flexibility index (Phi) is 17.1. The number of sulfonamides is 2. The Morgan fingerprint density at radius 1 is 0.714 bits per heavy atom. The number of benzene rings is 2. The summed E-state index contributed by atoms with van der Waals surface area (Å²) in [6, 6.07) is 9.96. The minimum Gasteiger partial charge on any atom is -0.341 e. The quantitative estimate of drug-likeness (QED) is 0.102. The number of carbonyl (C=O) groups excluding carboxylic acids is 2. The van der Waals surface area contributed by atoms with E-state index in [0.717, 1.165) is 55.7 Å². The maximum Gasteiger partial charge on any atom is 0.241 e. The monoisotopic (exact) mass is 1020 g/mol. The number of nitrogens with one attached hydrogen (secondary N) is 1. The van der Waals surface area contributed by atoms with Crippen LogP contribution in [0.3, 0.4) is 0 Å². The van der Waals surface area contributed by atoms with Gasteiger partial charge in [-0.15, -0.1) is 0 Å². The Labute approximate surface area is 418 Å². The van der Waals surface area contributed by atoms with Crippen LogP contribution in [-0.2, 0) is 55.6 Å². The van der Waals surface area contributed by atoms with Crippen molar-refractivity contribution in [1.29, 1.82) is 0 Å². The maximum absolute atomic E-state index is 15.0. The van der Waals surface area contributed by atoms with Crippen molar-refractivity contribution in [2.45, 2.75) is 135 Å². The third-order valence-electron chi connectivity index (χ3n) is 16.2. The second kappa shape index (κ2) is 23.1. The van der Waals surface area contributed by atoms with Crippen molar-refractivity contribution in [1.82, 2.24) is 48.4 Å². The van der Waals surface area contributed by atoms with Crippen LogP contribution in [0.4, 0.5) is 4.39 Å². The first-order chi connectivity index (χ1) is 33.7. The highest BCUT2D eigenvalue weighted by atomic mass is 35.5. The van der Waals surface area contributed by atoms with Crippen LogP contribution in [0.25, 0.3) is 0 Å². The molecular weight excluding hydrogens is 955 g/mol. The van der Waals surface area contributed by atoms with Crippen LogP contribution < -0.4 is 4.72 Å². The molecule has 2 atom stereocenters. The Morgan fingerprint density at radius 2 is 1.19 bits per heavy atom. The number of carbonyl (C=O) groups is 2. The van der Waals surface area contributed by atoms with Gasteiger partial charge in [-0.1, -0.05) is 74.4 Å². The minimum absolute atomic E-state index is 0.00811. The Hall–Kier alpha value is -4.30. The first-order valence-corrected chi connectivity index (χ1v) is 29.0. The maximum atomic E-state index is 15.0. The SMILES string of the molecule is CCS(=O)(=O)N(CCS(=O)(=O)NC(Cc1ccc(F)cc1)C(=O)N1CCC(Cn2cncn2)(C2CCCCC2)CC1)C(Cc1ccc(Cl)cc1)C(=O)N1CCC(Cn2cncn2)(C2CCCCC2)CC1. The Morgan fingerprint density at radius 3 is 1.66 bits per heavy atom. The van der Waals surface area contributed by atoms with Crippen molar-refractivity contribution in [3.63, 3.8) is 0 Å². The van der Waals surface area contributed by atoms with Crippen molar-refractivity contribution in [3.8, 4) is 0 Å². The zero-order chi connectivity index (χ0) is 49.4. The molecule has 1 N–H and O–H groups in total. The lowest BCUT2D eigenvalue weighted by molar-refractivity contribution is -0.139. The fourth-order valence-electron chi connectivity index (χ4n) is 12.2. The molecule has 2 unspecified atom stereocenters. The molecule has 382 valence electrons. The van der Waals surface area contributed by atoms with Gasteiger partial charge >= 0.3 is 0 Å². The number of aromatic nitrogens is 6. The predicted octanol–water partition coefficient (Wildman–Crippen LogP) is 6.53. The van der Waals surface area contributed by atoms with E-state index in [-0.39, 0.29) is 29.4 Å². The molecule has 70 heavy (non-hydrogen) atoms. The molecule has 4 aliphatic rings. The molecule has 2 aromatic heterocycles. The highest BCUT2D eigenvalue weighted by Crippen LogP contribution is 2.48. The summed E-state index contributed by atoms with van der Waals surface area (Å²) in [5.74, 6) is -1.42. The molecule has 2 aliphatic carbocycles. The van der Waals surface area contributed by atoms with E-state index >= 15 is 4.79 Å². The number of rotatable bonds is 20. The highest BCUT2D eigenvalue weighted by Gasteiger charge is 2.47. The van der Waals surface area contributed by atoms with Crippen LogP contribution in [0.15, 0.2) is 73.8 Å². The number of nitrogens with zero attached hydrogens (tertiary/aromatic N) is 9. The van der Waals surface area contributed by atoms with E-state index in [1.807, 2.05) is 9.36 Å². The van der Waals surface area contributed by atoms with Crippen LogP contribution >= 0.6 is 11.6 Å². The summed E-state index contributed by atoms with van der Waals surface area (Å²) in [6.07, 6.45) is 20.8. The Bertz CT molecular complexity index is 2520. The molecule has 2 aromatic carbocycles. The molecule has 2 saturated carbocycles. The predicted molar refractivity (Wildman–Crippen MR) is 266 cm³/mol. The molecule has 0 spiro atoms. The lowest BCUT2D eigenvalue weighted by atomic mass is 9.63. The van der Waals surface area contributed by atoms with E-state index in [9.17, 15) is 26.0 Å². The van der Waals surface area contributed by atoms with Crippen LogP contribution in [0.1, 0.15) is 108 Å². The van der Waals surface area contributed by atoms with Gasteiger partial charge in [0, 0.05) is 50.8 Å². The zero-order valence-electron chi connectivity index (χ0n) is 40.5. The van der Waals surface area contributed by atoms with E-state index in [1.54, 1.807) is 46.7 Å². The molecule has 16 nitrogen and oxygen atoms in total. The molecule has 0 bridgehead atoms. The molecule has 2 aliphatic heterocycles. The first-order valence-electron chi connectivity index (χ1n) is 25.4. The minimum atomic E-state index is -4.40. The van der Waals surface area contributed by atoms with Crippen molar-refractivity contribution in [2.75, 3.05) is 44.2 Å². The standard InChI is InChI=1S/C50H70ClFN10O6S2/c1-2-70(67,68)62(46(32-40-13-17-43(51)18-14-40)48(64)59-27-23-50(24-28-59,34-61-38-54-36-56-61)42-11-7-4-8-12-42)29-30-69(65,66)57-45(31-39-15-19-44(52)20-16-39)47(63)58-25-21-49(22-26-58,33-60-37-53-35-55-60)41-9-5-3-6-10-41/h13-20,35-38,41-42,45-46,57H,2-12,21-34H2,1H3. The molecule has 20 heteroatoms. The molecule has 4 aromatic rings. The highest BCUT2D eigenvalue weighted by molar-refractivity contribution is 7.90. The van der Waals surface area contributed by atoms with E-state index in [2.05, 4.69) is 24.9 Å². The average molecular weight is 1030 g/mol. The third-order valence-corrected chi connectivity index (χ3v) is 19.7. The Balaban J connectivity index is 1.02. The number of hydrogen-bond donors (Lipinski definition) is 1. The van der Waals surface area contributed by atoms with Gasteiger partial charge in [-0.25, -0.2) is 35.9 Å². The van der Waals surface area contributed by atoms with Gasteiger partial charge in [-0.05, 0) is 129 Å². The van der Waals surface area contributed by atoms with Crippen molar-refractivity contribution < 1.29 is 30.8 Å². The number of amides is 2. The lowest BCUT2D eigenvalue weighted by Gasteiger charge is -2.48. The molecule has 0 radical (unpaired) electrons. The summed E-state index contributed by atoms with van der Waals surface area (Å²) >= 11 is 6.26. The fraction of sp³-hybridized carbons (Fsp3) is 0.640. The number of likely N-dealkylation sites (tertiary alicyclic amines) is 2. The summed E-state index contributed by atoms with van der Waals surface area (Å²) in [5.41, 5.74) is 1.01. The van der Waals surface area contributed by atoms with Crippen LogP contribution in [0.2, 0.25) is 5.02 Å². The van der Waals surface area contributed by atoms with Gasteiger partial charge in [0.25, 0.3) is 0 Å². The van der Waals surface area contributed by atoms with Gasteiger partial charge in [0.1, 0.15) is 43.2 Å². The van der Waals surface area contributed by atoms with Gasteiger partial charge in [0.15, 0.2) is 0 Å². The molecule has 4 fully saturated rings. The average Bonchev–Trinajstić information content (AvgIpc) is 4.10. The van der Waals surface area contributed by atoms with E-state index in [0.29, 0.717) is 92.9 Å². The molecule has 2 amide bonds. The summed E-state index contributed by atoms with van der Waals surface area (Å²) in [5, 5.41) is 9.35. The molecule has 8 rings (SSSR count). The fourth-order valence-corrected chi connectivity index (χ4v) is 14.9. The normalized spacial score (nSPS) is 20.3. The number of halogens is 2. The zero-order valence-corrected chi connectivity index (χ0v) is 42.9. The van der Waals surface area contributed by atoms with E-state index in [1.165, 1.54) is 56.7 Å². The van der Waals surface area contributed by atoms with Gasteiger partial charge < -0.3 is 9.80 Å². The van der Waals surface area contributed by atoms with Crippen LogP contribution in [-0.4, -0.2) is 129 Å². The van der Waals surface area contributed by atoms with Crippen LogP contribution in [0.5, 0.6) is 0 Å². The third kappa shape index (κ3) is 12.8. The van der Waals surface area contributed by atoms with Gasteiger partial charge in [-0.3, -0.25) is 19.0 Å². The summed E-state index contributed by atoms with van der Waals surface area (Å²) < 4.78 is 78.9. The molecule has 2 saturated heterocycles. The summed E-state index contributed by atoms with van der Waals surface area (Å²) in [4.78, 5) is 41.5.